The van der Waals surface area contributed by atoms with Gasteiger partial charge < -0.3 is 24.8 Å². The van der Waals surface area contributed by atoms with Gasteiger partial charge in [-0.25, -0.2) is 13.8 Å². The first kappa shape index (κ1) is 26.1. The van der Waals surface area contributed by atoms with Crippen LogP contribution in [-0.2, 0) is 4.74 Å². The predicted octanol–water partition coefficient (Wildman–Crippen LogP) is 3.21. The Morgan fingerprint density at radius 1 is 1.23 bits per heavy atom. The average Bonchev–Trinajstić information content (AvgIpc) is 2.98. The number of anilines is 2. The van der Waals surface area contributed by atoms with Crippen molar-refractivity contribution in [3.8, 4) is 23.7 Å². The number of likely N-dealkylation sites (N-methyl/N-ethyl adjacent to an activating group) is 1. The highest BCUT2D eigenvalue weighted by atomic mass is 19.1. The van der Waals surface area contributed by atoms with Gasteiger partial charge in [-0.2, -0.15) is 4.98 Å². The van der Waals surface area contributed by atoms with Crippen molar-refractivity contribution in [2.75, 3.05) is 56.2 Å². The van der Waals surface area contributed by atoms with E-state index >= 15 is 4.39 Å². The number of hydrogen-bond acceptors (Lipinski definition) is 8. The maximum Gasteiger partial charge on any atom is 0.249 e. The number of aromatic amines is 1. The summed E-state index contributed by atoms with van der Waals surface area (Å²) >= 11 is 0. The second kappa shape index (κ2) is 10.8. The Labute approximate surface area is 229 Å². The second-order valence-corrected chi connectivity index (χ2v) is 10.2. The molecule has 0 amide bonds. The first-order valence-corrected chi connectivity index (χ1v) is 13.4. The molecule has 2 saturated heterocycles. The molecule has 11 heteroatoms. The van der Waals surface area contributed by atoms with Crippen molar-refractivity contribution >= 4 is 33.4 Å². The Morgan fingerprint density at radius 3 is 2.80 bits per heavy atom. The quantitative estimate of drug-likeness (QED) is 0.369. The summed E-state index contributed by atoms with van der Waals surface area (Å²) in [6.45, 7) is 3.81. The molecule has 0 spiro atoms. The lowest BCUT2D eigenvalue weighted by Gasteiger charge is -2.31. The Morgan fingerprint density at radius 2 is 2.05 bits per heavy atom. The van der Waals surface area contributed by atoms with E-state index in [1.165, 1.54) is 24.4 Å². The monoisotopic (exact) mass is 545 g/mol. The third kappa shape index (κ3) is 4.74. The fourth-order valence-electron chi connectivity index (χ4n) is 5.56. The summed E-state index contributed by atoms with van der Waals surface area (Å²) in [7, 11) is 1.93. The highest BCUT2D eigenvalue weighted by molar-refractivity contribution is 6.00. The van der Waals surface area contributed by atoms with E-state index in [9.17, 15) is 9.18 Å². The van der Waals surface area contributed by atoms with Gasteiger partial charge >= 0.3 is 0 Å². The van der Waals surface area contributed by atoms with Crippen molar-refractivity contribution in [3.63, 3.8) is 0 Å². The van der Waals surface area contributed by atoms with E-state index in [0.29, 0.717) is 55.4 Å². The smallest absolute Gasteiger partial charge is 0.249 e. The molecule has 2 aliphatic rings. The summed E-state index contributed by atoms with van der Waals surface area (Å²) in [6.07, 6.45) is 10.5. The number of nitrogens with zero attached hydrogens (tertiary/aromatic N) is 5. The van der Waals surface area contributed by atoms with Gasteiger partial charge in [-0.15, -0.1) is 6.42 Å². The summed E-state index contributed by atoms with van der Waals surface area (Å²) in [5.74, 6) is 1.87. The zero-order valence-electron chi connectivity index (χ0n) is 22.1. The first-order valence-electron chi connectivity index (χ1n) is 13.4. The number of morpholine rings is 1. The van der Waals surface area contributed by atoms with E-state index < -0.39 is 17.2 Å². The molecule has 0 aliphatic carbocycles. The minimum Gasteiger partial charge on any atom is -0.378 e. The van der Waals surface area contributed by atoms with E-state index in [1.54, 1.807) is 0 Å². The molecule has 5 heterocycles. The minimum atomic E-state index is -0.754. The van der Waals surface area contributed by atoms with Crippen molar-refractivity contribution in [1.82, 2.24) is 25.3 Å². The van der Waals surface area contributed by atoms with Crippen LogP contribution in [0.1, 0.15) is 24.8 Å². The van der Waals surface area contributed by atoms with Crippen molar-refractivity contribution in [2.45, 2.75) is 25.3 Å². The van der Waals surface area contributed by atoms with Gasteiger partial charge in [0.15, 0.2) is 5.82 Å². The molecule has 9 nitrogen and oxygen atoms in total. The summed E-state index contributed by atoms with van der Waals surface area (Å²) in [5, 5.41) is 4.56. The van der Waals surface area contributed by atoms with Crippen molar-refractivity contribution in [1.29, 1.82) is 0 Å². The van der Waals surface area contributed by atoms with Crippen LogP contribution in [0.2, 0.25) is 0 Å². The standard InChI is InChI=1S/C29H29F2N7O2/c1-3-19-21(30)8-7-17-14-22(39)34-26(23(17)19)27-24(31)25-20(15-33-27)28(37(2)16-18-6-4-5-9-32-18)36-29(35-25)38-10-12-40-13-11-38/h1,7-8,14-15,18,32H,4-6,9-13,16H2,2H3,(H,34,39)/t18-/m0/s1. The molecule has 6 rings (SSSR count). The lowest BCUT2D eigenvalue weighted by molar-refractivity contribution is 0.122. The van der Waals surface area contributed by atoms with Crippen LogP contribution in [0.4, 0.5) is 20.5 Å². The van der Waals surface area contributed by atoms with E-state index in [4.69, 9.17) is 16.1 Å². The van der Waals surface area contributed by atoms with Gasteiger partial charge in [0.05, 0.1) is 29.9 Å². The largest absolute Gasteiger partial charge is 0.378 e. The van der Waals surface area contributed by atoms with Crippen molar-refractivity contribution < 1.29 is 13.5 Å². The van der Waals surface area contributed by atoms with Gasteiger partial charge in [-0.1, -0.05) is 18.4 Å². The molecule has 0 bridgehead atoms. The van der Waals surface area contributed by atoms with Crippen LogP contribution in [0.5, 0.6) is 0 Å². The predicted molar refractivity (Wildman–Crippen MR) is 151 cm³/mol. The highest BCUT2D eigenvalue weighted by Crippen LogP contribution is 2.35. The van der Waals surface area contributed by atoms with Gasteiger partial charge in [0, 0.05) is 50.4 Å². The topological polar surface area (TPSA) is 99.3 Å². The number of nitrogens with one attached hydrogen (secondary N) is 2. The number of terminal acetylenes is 1. The van der Waals surface area contributed by atoms with Gasteiger partial charge in [0.1, 0.15) is 22.8 Å². The Bertz CT molecular complexity index is 1690. The SMILES string of the molecule is C#Cc1c(F)ccc2cc(=O)[nH]c(-c3ncc4c(N(C)C[C@@H]5CCCCN5)nc(N5CCOCC5)nc4c3F)c12. The number of pyridine rings is 2. The van der Waals surface area contributed by atoms with Gasteiger partial charge in [0.2, 0.25) is 11.5 Å². The maximum absolute atomic E-state index is 16.5. The van der Waals surface area contributed by atoms with E-state index in [-0.39, 0.29) is 33.9 Å². The molecule has 0 radical (unpaired) electrons. The number of piperidine rings is 1. The molecule has 0 unspecified atom stereocenters. The number of rotatable bonds is 5. The van der Waals surface area contributed by atoms with E-state index in [1.807, 2.05) is 16.8 Å². The fraction of sp³-hybridized carbons (Fsp3) is 0.379. The molecule has 1 aromatic carbocycles. The van der Waals surface area contributed by atoms with Crippen molar-refractivity contribution in [2.24, 2.45) is 0 Å². The molecule has 40 heavy (non-hydrogen) atoms. The van der Waals surface area contributed by atoms with Gasteiger partial charge in [-0.3, -0.25) is 9.78 Å². The van der Waals surface area contributed by atoms with Crippen LogP contribution in [0.3, 0.4) is 0 Å². The minimum absolute atomic E-state index is 0.00203. The third-order valence-corrected chi connectivity index (χ3v) is 7.57. The molecule has 206 valence electrons. The Balaban J connectivity index is 1.55. The zero-order valence-corrected chi connectivity index (χ0v) is 22.1. The first-order chi connectivity index (χ1) is 19.4. The van der Waals surface area contributed by atoms with Gasteiger partial charge in [-0.05, 0) is 30.8 Å². The Hall–Kier alpha value is -4.14. The van der Waals surface area contributed by atoms with Crippen LogP contribution in [-0.4, -0.2) is 72.4 Å². The number of fused-ring (bicyclic) bond motifs is 2. The Kier molecular flexibility index (Phi) is 7.04. The summed E-state index contributed by atoms with van der Waals surface area (Å²) < 4.78 is 36.7. The molecule has 4 aromatic rings. The van der Waals surface area contributed by atoms with Crippen LogP contribution >= 0.6 is 0 Å². The maximum atomic E-state index is 16.5. The van der Waals surface area contributed by atoms with E-state index in [0.717, 1.165) is 25.8 Å². The van der Waals surface area contributed by atoms with E-state index in [2.05, 4.69) is 26.2 Å². The molecule has 2 aliphatic heterocycles. The lowest BCUT2D eigenvalue weighted by atomic mass is 10.0. The highest BCUT2D eigenvalue weighted by Gasteiger charge is 2.25. The van der Waals surface area contributed by atoms with Gasteiger partial charge in [0.25, 0.3) is 0 Å². The molecule has 3 aromatic heterocycles. The zero-order chi connectivity index (χ0) is 27.8. The molecule has 0 saturated carbocycles. The fourth-order valence-corrected chi connectivity index (χ4v) is 5.56. The van der Waals surface area contributed by atoms with Crippen LogP contribution in [0, 0.1) is 24.0 Å². The van der Waals surface area contributed by atoms with Crippen LogP contribution in [0.15, 0.2) is 29.2 Å². The molecule has 2 fully saturated rings. The normalized spacial score (nSPS) is 17.8. The second-order valence-electron chi connectivity index (χ2n) is 10.2. The number of benzene rings is 1. The van der Waals surface area contributed by atoms with Crippen molar-refractivity contribution in [3.05, 3.63) is 51.9 Å². The van der Waals surface area contributed by atoms with Crippen LogP contribution in [0.25, 0.3) is 33.1 Å². The molecule has 2 N–H and O–H groups in total. The average molecular weight is 546 g/mol. The number of halogens is 2. The summed E-state index contributed by atoms with van der Waals surface area (Å²) in [4.78, 5) is 33.0. The summed E-state index contributed by atoms with van der Waals surface area (Å²) in [6, 6.07) is 4.21. The molecular formula is C29H29F2N7O2. The molecule has 1 atom stereocenters. The molecular weight excluding hydrogens is 516 g/mol. The number of H-pyrrole nitrogens is 1. The summed E-state index contributed by atoms with van der Waals surface area (Å²) in [5.41, 5.74) is -0.692. The number of aromatic nitrogens is 4. The third-order valence-electron chi connectivity index (χ3n) is 7.57. The number of ether oxygens (including phenoxy) is 1. The van der Waals surface area contributed by atoms with Crippen LogP contribution < -0.4 is 20.7 Å². The lowest BCUT2D eigenvalue weighted by Crippen LogP contribution is -2.43. The number of hydrogen-bond donors (Lipinski definition) is 2.